The maximum atomic E-state index is 2.27. The van der Waals surface area contributed by atoms with Crippen LogP contribution in [0.2, 0.25) is 0 Å². The van der Waals surface area contributed by atoms with Gasteiger partial charge in [0, 0.05) is 0 Å². The molecule has 0 spiro atoms. The van der Waals surface area contributed by atoms with Crippen LogP contribution in [0.1, 0.15) is 0 Å². The highest BCUT2D eigenvalue weighted by Gasteiger charge is 2.17. The number of rotatable bonds is 2. The topological polar surface area (TPSA) is 0 Å². The lowest BCUT2D eigenvalue weighted by atomic mass is 10.4. The Labute approximate surface area is 124 Å². The van der Waals surface area contributed by atoms with Gasteiger partial charge in [-0.1, -0.05) is 72.8 Å². The predicted molar refractivity (Wildman–Crippen MR) is 89.1 cm³/mol. The summed E-state index contributed by atoms with van der Waals surface area (Å²) in [5.74, 6) is 0. The van der Waals surface area contributed by atoms with E-state index in [0.29, 0.717) is 0 Å². The number of hydrogen-bond donors (Lipinski definition) is 0. The van der Waals surface area contributed by atoms with Crippen molar-refractivity contribution in [2.75, 3.05) is 6.26 Å². The van der Waals surface area contributed by atoms with Crippen molar-refractivity contribution in [3.8, 4) is 0 Å². The fourth-order valence-corrected chi connectivity index (χ4v) is 3.17. The average Bonchev–Trinajstić information content (AvgIpc) is 2.58. The maximum Gasteiger partial charge on any atom is 0.160 e. The summed E-state index contributed by atoms with van der Waals surface area (Å²) in [5, 5.41) is 0. The van der Waals surface area contributed by atoms with Crippen molar-refractivity contribution < 1.29 is 0 Å². The standard InChI is InChI=1S/C13H13S.C6H6/c1-14(12-8-4-2-5-9-12)13-10-6-3-7-11-13;1-2-4-6-5-3-1/h2-11H,1H3;1-6H/q+1;. The summed E-state index contributed by atoms with van der Waals surface area (Å²) in [6.45, 7) is 0. The zero-order valence-corrected chi connectivity index (χ0v) is 12.5. The largest absolute Gasteiger partial charge is 0.160 e. The van der Waals surface area contributed by atoms with Gasteiger partial charge in [0.1, 0.15) is 6.26 Å². The second-order valence-corrected chi connectivity index (χ2v) is 6.25. The molecule has 20 heavy (non-hydrogen) atoms. The van der Waals surface area contributed by atoms with E-state index < -0.39 is 0 Å². The third-order valence-corrected chi connectivity index (χ3v) is 4.82. The van der Waals surface area contributed by atoms with Crippen molar-refractivity contribution >= 4 is 10.9 Å². The van der Waals surface area contributed by atoms with E-state index in [1.807, 2.05) is 36.4 Å². The van der Waals surface area contributed by atoms with Crippen LogP contribution in [0, 0.1) is 0 Å². The van der Waals surface area contributed by atoms with E-state index in [-0.39, 0.29) is 10.9 Å². The fourth-order valence-electron chi connectivity index (χ4n) is 1.77. The van der Waals surface area contributed by atoms with Gasteiger partial charge in [-0.05, 0) is 24.3 Å². The average molecular weight is 279 g/mol. The molecule has 0 aliphatic rings. The molecule has 0 aliphatic heterocycles. The predicted octanol–water partition coefficient (Wildman–Crippen LogP) is 5.04. The Bertz CT molecular complexity index is 510. The molecule has 0 saturated heterocycles. The first-order valence-corrected chi connectivity index (χ1v) is 8.27. The Hall–Kier alpha value is -1.99. The van der Waals surface area contributed by atoms with Gasteiger partial charge in [0.25, 0.3) is 0 Å². The molecule has 3 aromatic carbocycles. The molecule has 1 heteroatoms. The lowest BCUT2D eigenvalue weighted by molar-refractivity contribution is 1.38. The van der Waals surface area contributed by atoms with Crippen LogP contribution in [0.25, 0.3) is 0 Å². The molecular formula is C19H19S+. The Morgan fingerprint density at radius 2 is 0.700 bits per heavy atom. The van der Waals surface area contributed by atoms with Gasteiger partial charge in [-0.3, -0.25) is 0 Å². The van der Waals surface area contributed by atoms with Crippen LogP contribution in [0.15, 0.2) is 107 Å². The molecule has 100 valence electrons. The van der Waals surface area contributed by atoms with Crippen molar-refractivity contribution in [3.05, 3.63) is 97.1 Å². The molecule has 0 saturated carbocycles. The summed E-state index contributed by atoms with van der Waals surface area (Å²) in [5.41, 5.74) is 0. The molecule has 0 radical (unpaired) electrons. The van der Waals surface area contributed by atoms with Crippen molar-refractivity contribution in [1.82, 2.24) is 0 Å². The van der Waals surface area contributed by atoms with E-state index in [1.165, 1.54) is 9.79 Å². The second kappa shape index (κ2) is 8.23. The highest BCUT2D eigenvalue weighted by molar-refractivity contribution is 7.96. The molecule has 0 aliphatic carbocycles. The fraction of sp³-hybridized carbons (Fsp3) is 0.0526. The van der Waals surface area contributed by atoms with Gasteiger partial charge in [-0.2, -0.15) is 0 Å². The SMILES string of the molecule is C[S+](c1ccccc1)c1ccccc1.c1ccccc1. The zero-order chi connectivity index (χ0) is 14.0. The van der Waals surface area contributed by atoms with Crippen molar-refractivity contribution in [2.45, 2.75) is 9.79 Å². The molecule has 0 heterocycles. The summed E-state index contributed by atoms with van der Waals surface area (Å²) in [4.78, 5) is 2.80. The third kappa shape index (κ3) is 4.60. The first-order chi connectivity index (χ1) is 9.88. The van der Waals surface area contributed by atoms with Gasteiger partial charge >= 0.3 is 0 Å². The Kier molecular flexibility index (Phi) is 5.94. The monoisotopic (exact) mass is 279 g/mol. The lowest BCUT2D eigenvalue weighted by Crippen LogP contribution is -1.99. The highest BCUT2D eigenvalue weighted by Crippen LogP contribution is 2.19. The van der Waals surface area contributed by atoms with E-state index in [4.69, 9.17) is 0 Å². The molecule has 0 fully saturated rings. The van der Waals surface area contributed by atoms with Crippen LogP contribution < -0.4 is 0 Å². The van der Waals surface area contributed by atoms with Gasteiger partial charge in [0.05, 0.1) is 10.9 Å². The van der Waals surface area contributed by atoms with Gasteiger partial charge in [0.15, 0.2) is 9.79 Å². The molecule has 0 bridgehead atoms. The van der Waals surface area contributed by atoms with Gasteiger partial charge in [-0.15, -0.1) is 0 Å². The van der Waals surface area contributed by atoms with Crippen LogP contribution in [0.4, 0.5) is 0 Å². The summed E-state index contributed by atoms with van der Waals surface area (Å²) in [6.07, 6.45) is 2.27. The third-order valence-electron chi connectivity index (χ3n) is 2.86. The van der Waals surface area contributed by atoms with E-state index in [9.17, 15) is 0 Å². The molecule has 3 rings (SSSR count). The molecule has 0 atom stereocenters. The van der Waals surface area contributed by atoms with Gasteiger partial charge in [0.2, 0.25) is 0 Å². The molecule has 3 aromatic rings. The Balaban J connectivity index is 0.000000205. The zero-order valence-electron chi connectivity index (χ0n) is 11.6. The summed E-state index contributed by atoms with van der Waals surface area (Å²) >= 11 is 0. The highest BCUT2D eigenvalue weighted by atomic mass is 32.2. The van der Waals surface area contributed by atoms with Crippen LogP contribution in [-0.2, 0) is 10.9 Å². The smallest absolute Gasteiger partial charge is 0.0623 e. The van der Waals surface area contributed by atoms with Crippen molar-refractivity contribution in [2.24, 2.45) is 0 Å². The molecule has 0 amide bonds. The molecule has 0 nitrogen and oxygen atoms in total. The summed E-state index contributed by atoms with van der Waals surface area (Å²) < 4.78 is 0. The minimum atomic E-state index is 0.203. The minimum Gasteiger partial charge on any atom is -0.0623 e. The van der Waals surface area contributed by atoms with Crippen LogP contribution in [-0.4, -0.2) is 6.26 Å². The molecule has 0 unspecified atom stereocenters. The molecule has 0 N–H and O–H groups in total. The molecule has 0 aromatic heterocycles. The summed E-state index contributed by atoms with van der Waals surface area (Å²) in [6, 6.07) is 33.3. The normalized spacial score (nSPS) is 9.70. The first kappa shape index (κ1) is 14.4. The van der Waals surface area contributed by atoms with Crippen LogP contribution in [0.5, 0.6) is 0 Å². The van der Waals surface area contributed by atoms with Gasteiger partial charge < -0.3 is 0 Å². The van der Waals surface area contributed by atoms with E-state index in [0.717, 1.165) is 0 Å². The van der Waals surface area contributed by atoms with Crippen LogP contribution in [0.3, 0.4) is 0 Å². The van der Waals surface area contributed by atoms with Crippen molar-refractivity contribution in [1.29, 1.82) is 0 Å². The maximum absolute atomic E-state index is 2.27. The van der Waals surface area contributed by atoms with E-state index >= 15 is 0 Å². The number of hydrogen-bond acceptors (Lipinski definition) is 0. The van der Waals surface area contributed by atoms with Crippen molar-refractivity contribution in [3.63, 3.8) is 0 Å². The van der Waals surface area contributed by atoms with Crippen LogP contribution >= 0.6 is 0 Å². The second-order valence-electron chi connectivity index (χ2n) is 4.29. The quantitative estimate of drug-likeness (QED) is 0.577. The van der Waals surface area contributed by atoms with Gasteiger partial charge in [-0.25, -0.2) is 0 Å². The van der Waals surface area contributed by atoms with E-state index in [1.54, 1.807) is 0 Å². The Morgan fingerprint density at radius 3 is 1.00 bits per heavy atom. The molecular weight excluding hydrogens is 260 g/mol. The number of benzene rings is 3. The Morgan fingerprint density at radius 1 is 0.450 bits per heavy atom. The van der Waals surface area contributed by atoms with E-state index in [2.05, 4.69) is 66.9 Å². The minimum absolute atomic E-state index is 0.203. The lowest BCUT2D eigenvalue weighted by Gasteiger charge is -2.00. The first-order valence-electron chi connectivity index (χ1n) is 6.64. The summed E-state index contributed by atoms with van der Waals surface area (Å²) in [7, 11) is 0.203.